The standard InChI is InChI=1S/C11H20N4O3/c1-2-18-11(17)9(15-10(16)3-4-12)5-8-6-13-7-14-8/h7-9H,2-6,12H2,1H3,(H,13,14)(H,15,16). The summed E-state index contributed by atoms with van der Waals surface area (Å²) in [5.41, 5.74) is 5.29. The van der Waals surface area contributed by atoms with E-state index in [1.807, 2.05) is 0 Å². The number of amides is 1. The Kier molecular flexibility index (Phi) is 6.13. The monoisotopic (exact) mass is 256 g/mol. The topological polar surface area (TPSA) is 106 Å². The molecule has 102 valence electrons. The summed E-state index contributed by atoms with van der Waals surface area (Å²) in [5, 5.41) is 5.65. The number of rotatable bonds is 7. The summed E-state index contributed by atoms with van der Waals surface area (Å²) in [6.07, 6.45) is 2.26. The van der Waals surface area contributed by atoms with Gasteiger partial charge in [0.2, 0.25) is 5.91 Å². The minimum atomic E-state index is -0.650. The third kappa shape index (κ3) is 4.70. The number of nitrogens with two attached hydrogens (primary N) is 1. The predicted molar refractivity (Wildman–Crippen MR) is 67.1 cm³/mol. The Balaban J connectivity index is 2.50. The molecular weight excluding hydrogens is 236 g/mol. The minimum absolute atomic E-state index is 0.0533. The number of ether oxygens (including phenoxy) is 1. The van der Waals surface area contributed by atoms with Crippen molar-refractivity contribution in [1.29, 1.82) is 0 Å². The highest BCUT2D eigenvalue weighted by atomic mass is 16.5. The van der Waals surface area contributed by atoms with Gasteiger partial charge in [0.25, 0.3) is 0 Å². The van der Waals surface area contributed by atoms with E-state index in [-0.39, 0.29) is 31.5 Å². The first-order valence-electron chi connectivity index (χ1n) is 6.07. The Morgan fingerprint density at radius 3 is 3.00 bits per heavy atom. The van der Waals surface area contributed by atoms with E-state index in [9.17, 15) is 9.59 Å². The first kappa shape index (κ1) is 14.4. The fraction of sp³-hybridized carbons (Fsp3) is 0.727. The van der Waals surface area contributed by atoms with Gasteiger partial charge in [-0.1, -0.05) is 0 Å². The lowest BCUT2D eigenvalue weighted by Gasteiger charge is -2.20. The van der Waals surface area contributed by atoms with Crippen molar-refractivity contribution in [3.8, 4) is 0 Å². The van der Waals surface area contributed by atoms with Gasteiger partial charge in [0, 0.05) is 25.4 Å². The van der Waals surface area contributed by atoms with E-state index in [1.165, 1.54) is 0 Å². The summed E-state index contributed by atoms with van der Waals surface area (Å²) in [7, 11) is 0. The molecule has 1 heterocycles. The van der Waals surface area contributed by atoms with Gasteiger partial charge in [-0.25, -0.2) is 4.79 Å². The second kappa shape index (κ2) is 7.65. The summed E-state index contributed by atoms with van der Waals surface area (Å²) in [5.74, 6) is -0.661. The first-order valence-corrected chi connectivity index (χ1v) is 6.07. The number of carbonyl (C=O) groups excluding carboxylic acids is 2. The Morgan fingerprint density at radius 2 is 2.44 bits per heavy atom. The molecule has 0 bridgehead atoms. The van der Waals surface area contributed by atoms with Crippen molar-refractivity contribution >= 4 is 18.2 Å². The van der Waals surface area contributed by atoms with Crippen molar-refractivity contribution in [3.05, 3.63) is 0 Å². The molecule has 0 radical (unpaired) electrons. The smallest absolute Gasteiger partial charge is 0.328 e. The fourth-order valence-electron chi connectivity index (χ4n) is 1.67. The zero-order valence-corrected chi connectivity index (χ0v) is 10.5. The number of nitrogens with one attached hydrogen (secondary N) is 2. The largest absolute Gasteiger partial charge is 0.464 e. The molecule has 0 aromatic rings. The molecule has 7 nitrogen and oxygen atoms in total. The number of esters is 1. The lowest BCUT2D eigenvalue weighted by molar-refractivity contribution is -0.147. The average molecular weight is 256 g/mol. The SMILES string of the molecule is CCOC(=O)C(CC1CN=CN1)NC(=O)CCN. The quantitative estimate of drug-likeness (QED) is 0.495. The molecule has 0 aromatic carbocycles. The molecule has 7 heteroatoms. The van der Waals surface area contributed by atoms with Crippen LogP contribution in [0.5, 0.6) is 0 Å². The first-order chi connectivity index (χ1) is 8.67. The van der Waals surface area contributed by atoms with Crippen molar-refractivity contribution in [2.45, 2.75) is 31.8 Å². The van der Waals surface area contributed by atoms with E-state index in [4.69, 9.17) is 10.5 Å². The molecule has 4 N–H and O–H groups in total. The maximum absolute atomic E-state index is 11.7. The lowest BCUT2D eigenvalue weighted by Crippen LogP contribution is -2.46. The molecule has 0 saturated heterocycles. The Bertz CT molecular complexity index is 311. The number of aliphatic imine (C=N–C) groups is 1. The molecule has 0 aliphatic carbocycles. The molecule has 0 fully saturated rings. The molecule has 2 unspecified atom stereocenters. The van der Waals surface area contributed by atoms with Gasteiger partial charge >= 0.3 is 5.97 Å². The maximum Gasteiger partial charge on any atom is 0.328 e. The van der Waals surface area contributed by atoms with Crippen LogP contribution in [0, 0.1) is 0 Å². The molecule has 1 amide bonds. The van der Waals surface area contributed by atoms with Crippen molar-refractivity contribution in [2.75, 3.05) is 19.7 Å². The molecule has 0 spiro atoms. The van der Waals surface area contributed by atoms with Crippen LogP contribution in [0.25, 0.3) is 0 Å². The molecule has 0 aromatic heterocycles. The Hall–Kier alpha value is -1.63. The molecule has 1 aliphatic rings. The summed E-state index contributed by atoms with van der Waals surface area (Å²) in [4.78, 5) is 27.2. The second-order valence-corrected chi connectivity index (χ2v) is 4.00. The van der Waals surface area contributed by atoms with E-state index in [2.05, 4.69) is 15.6 Å². The average Bonchev–Trinajstić information content (AvgIpc) is 2.81. The molecule has 2 atom stereocenters. The molecule has 0 saturated carbocycles. The minimum Gasteiger partial charge on any atom is -0.464 e. The van der Waals surface area contributed by atoms with Gasteiger partial charge in [-0.15, -0.1) is 0 Å². The van der Waals surface area contributed by atoms with E-state index in [0.29, 0.717) is 13.0 Å². The van der Waals surface area contributed by atoms with Crippen LogP contribution < -0.4 is 16.4 Å². The third-order valence-electron chi connectivity index (χ3n) is 2.53. The number of nitrogens with zero attached hydrogens (tertiary/aromatic N) is 1. The summed E-state index contributed by atoms with van der Waals surface area (Å²) < 4.78 is 4.94. The van der Waals surface area contributed by atoms with Gasteiger partial charge in [-0.2, -0.15) is 0 Å². The fourth-order valence-corrected chi connectivity index (χ4v) is 1.67. The Morgan fingerprint density at radius 1 is 1.67 bits per heavy atom. The predicted octanol–water partition coefficient (Wildman–Crippen LogP) is -1.23. The van der Waals surface area contributed by atoms with Crippen LogP contribution in [0.1, 0.15) is 19.8 Å². The maximum atomic E-state index is 11.7. The second-order valence-electron chi connectivity index (χ2n) is 4.00. The van der Waals surface area contributed by atoms with Gasteiger partial charge in [0.1, 0.15) is 6.04 Å². The highest BCUT2D eigenvalue weighted by Crippen LogP contribution is 2.05. The van der Waals surface area contributed by atoms with Gasteiger partial charge < -0.3 is 21.1 Å². The van der Waals surface area contributed by atoms with Crippen molar-refractivity contribution in [2.24, 2.45) is 10.7 Å². The van der Waals surface area contributed by atoms with Crippen molar-refractivity contribution in [1.82, 2.24) is 10.6 Å². The number of carbonyl (C=O) groups is 2. The number of hydrogen-bond donors (Lipinski definition) is 3. The highest BCUT2D eigenvalue weighted by Gasteiger charge is 2.26. The van der Waals surface area contributed by atoms with Gasteiger partial charge in [0.05, 0.1) is 19.5 Å². The zero-order valence-electron chi connectivity index (χ0n) is 10.5. The summed E-state index contributed by atoms with van der Waals surface area (Å²) in [6.45, 7) is 2.87. The van der Waals surface area contributed by atoms with Crippen LogP contribution in [0.2, 0.25) is 0 Å². The van der Waals surface area contributed by atoms with Crippen LogP contribution in [0.15, 0.2) is 4.99 Å². The third-order valence-corrected chi connectivity index (χ3v) is 2.53. The summed E-state index contributed by atoms with van der Waals surface area (Å²) >= 11 is 0. The van der Waals surface area contributed by atoms with E-state index in [1.54, 1.807) is 13.3 Å². The number of hydrogen-bond acceptors (Lipinski definition) is 6. The van der Waals surface area contributed by atoms with Crippen LogP contribution >= 0.6 is 0 Å². The van der Waals surface area contributed by atoms with E-state index < -0.39 is 12.0 Å². The zero-order chi connectivity index (χ0) is 13.4. The van der Waals surface area contributed by atoms with Crippen LogP contribution in [0.3, 0.4) is 0 Å². The van der Waals surface area contributed by atoms with Gasteiger partial charge in [-0.05, 0) is 6.92 Å². The van der Waals surface area contributed by atoms with Crippen molar-refractivity contribution in [3.63, 3.8) is 0 Å². The normalized spacial score (nSPS) is 19.1. The molecular formula is C11H20N4O3. The Labute approximate surface area is 106 Å². The lowest BCUT2D eigenvalue weighted by atomic mass is 10.1. The van der Waals surface area contributed by atoms with E-state index in [0.717, 1.165) is 0 Å². The van der Waals surface area contributed by atoms with Gasteiger partial charge in [0.15, 0.2) is 0 Å². The van der Waals surface area contributed by atoms with E-state index >= 15 is 0 Å². The van der Waals surface area contributed by atoms with Gasteiger partial charge in [-0.3, -0.25) is 9.79 Å². The van der Waals surface area contributed by atoms with Crippen molar-refractivity contribution < 1.29 is 14.3 Å². The molecule has 1 rings (SSSR count). The summed E-state index contributed by atoms with van der Waals surface area (Å²) in [6, 6.07) is -0.596. The van der Waals surface area contributed by atoms with Crippen LogP contribution in [0.4, 0.5) is 0 Å². The highest BCUT2D eigenvalue weighted by molar-refractivity contribution is 5.84. The van der Waals surface area contributed by atoms with Crippen LogP contribution in [-0.4, -0.2) is 50.0 Å². The molecule has 18 heavy (non-hydrogen) atoms. The molecule has 1 aliphatic heterocycles. The van der Waals surface area contributed by atoms with Crippen LogP contribution in [-0.2, 0) is 14.3 Å².